The molecule has 2 atom stereocenters. The third-order valence-corrected chi connectivity index (χ3v) is 4.35. The quantitative estimate of drug-likeness (QED) is 0.867. The molecular weight excluding hydrogens is 260 g/mol. The van der Waals surface area contributed by atoms with Crippen LogP contribution in [-0.2, 0) is 16.1 Å². The van der Waals surface area contributed by atoms with Crippen molar-refractivity contribution in [3.8, 4) is 0 Å². The number of rotatable bonds is 4. The zero-order valence-electron chi connectivity index (χ0n) is 11.2. The number of carboxylic acid groups (broad SMARTS) is 1. The number of aromatic nitrogens is 3. The minimum Gasteiger partial charge on any atom is -0.481 e. The lowest BCUT2D eigenvalue weighted by molar-refractivity contribution is -0.140. The normalized spacial score (nSPS) is 28.6. The van der Waals surface area contributed by atoms with Crippen LogP contribution in [-0.4, -0.2) is 48.7 Å². The summed E-state index contributed by atoms with van der Waals surface area (Å²) < 4.78 is 1.53. The number of piperidine rings is 1. The van der Waals surface area contributed by atoms with Gasteiger partial charge in [-0.2, -0.15) is 5.10 Å². The third-order valence-electron chi connectivity index (χ3n) is 4.35. The molecule has 2 aliphatic rings. The summed E-state index contributed by atoms with van der Waals surface area (Å²) in [5, 5.41) is 12.9. The van der Waals surface area contributed by atoms with Gasteiger partial charge in [0, 0.05) is 18.5 Å². The van der Waals surface area contributed by atoms with E-state index in [1.54, 1.807) is 0 Å². The minimum absolute atomic E-state index is 0.0665. The van der Waals surface area contributed by atoms with Crippen molar-refractivity contribution in [3.05, 3.63) is 12.7 Å². The van der Waals surface area contributed by atoms with E-state index in [1.165, 1.54) is 17.3 Å². The average molecular weight is 278 g/mol. The van der Waals surface area contributed by atoms with Crippen molar-refractivity contribution in [2.75, 3.05) is 0 Å². The van der Waals surface area contributed by atoms with E-state index in [4.69, 9.17) is 5.11 Å². The molecule has 2 fully saturated rings. The lowest BCUT2D eigenvalue weighted by Gasteiger charge is -2.38. The van der Waals surface area contributed by atoms with E-state index in [0.717, 1.165) is 25.7 Å². The summed E-state index contributed by atoms with van der Waals surface area (Å²) in [5.74, 6) is -0.464. The van der Waals surface area contributed by atoms with Gasteiger partial charge in [0.25, 0.3) is 0 Å². The number of carbonyl (C=O) groups excluding carboxylic acids is 1. The molecule has 108 valence electrons. The number of nitrogens with zero attached hydrogens (tertiary/aromatic N) is 4. The maximum atomic E-state index is 12.4. The Hall–Kier alpha value is -1.92. The van der Waals surface area contributed by atoms with Crippen molar-refractivity contribution in [1.82, 2.24) is 19.7 Å². The molecule has 2 saturated heterocycles. The number of aliphatic carboxylic acids is 1. The fraction of sp³-hybridized carbons (Fsp3) is 0.692. The summed E-state index contributed by atoms with van der Waals surface area (Å²) in [6.07, 6.45) is 6.78. The van der Waals surface area contributed by atoms with E-state index in [9.17, 15) is 9.59 Å². The molecule has 3 heterocycles. The van der Waals surface area contributed by atoms with Gasteiger partial charge in [-0.1, -0.05) is 0 Å². The Bertz CT molecular complexity index is 488. The predicted octanol–water partition coefficient (Wildman–Crippen LogP) is 0.522. The monoisotopic (exact) mass is 278 g/mol. The first-order valence-electron chi connectivity index (χ1n) is 6.99. The van der Waals surface area contributed by atoms with E-state index >= 15 is 0 Å². The molecule has 7 nitrogen and oxygen atoms in total. The fourth-order valence-electron chi connectivity index (χ4n) is 3.65. The second-order valence-electron chi connectivity index (χ2n) is 5.71. The molecule has 2 aliphatic heterocycles. The highest BCUT2D eigenvalue weighted by Gasteiger charge is 2.43. The van der Waals surface area contributed by atoms with Crippen LogP contribution in [0, 0.1) is 5.92 Å². The number of amides is 1. The molecule has 0 radical (unpaired) electrons. The van der Waals surface area contributed by atoms with Gasteiger partial charge in [-0.25, -0.2) is 9.67 Å². The molecule has 0 saturated carbocycles. The van der Waals surface area contributed by atoms with E-state index in [-0.39, 0.29) is 36.9 Å². The summed E-state index contributed by atoms with van der Waals surface area (Å²) >= 11 is 0. The van der Waals surface area contributed by atoms with Crippen LogP contribution in [0.25, 0.3) is 0 Å². The summed E-state index contributed by atoms with van der Waals surface area (Å²) in [6.45, 7) is 0.219. The molecule has 1 N–H and O–H groups in total. The molecule has 1 amide bonds. The number of hydrogen-bond donors (Lipinski definition) is 1. The summed E-state index contributed by atoms with van der Waals surface area (Å²) in [7, 11) is 0. The van der Waals surface area contributed by atoms with Crippen molar-refractivity contribution >= 4 is 11.9 Å². The Morgan fingerprint density at radius 1 is 1.25 bits per heavy atom. The molecule has 7 heteroatoms. The minimum atomic E-state index is -0.739. The molecule has 1 aromatic rings. The highest BCUT2D eigenvalue weighted by atomic mass is 16.4. The molecular formula is C13H18N4O3. The van der Waals surface area contributed by atoms with Gasteiger partial charge in [-0.05, 0) is 31.6 Å². The van der Waals surface area contributed by atoms with Crippen LogP contribution >= 0.6 is 0 Å². The SMILES string of the molecule is O=C(O)CC1CC2CCC(C1)N2C(=O)Cn1cncn1. The number of carboxylic acids is 1. The van der Waals surface area contributed by atoms with Crippen LogP contribution in [0.3, 0.4) is 0 Å². The lowest BCUT2D eigenvalue weighted by Crippen LogP contribution is -2.48. The molecule has 20 heavy (non-hydrogen) atoms. The predicted molar refractivity (Wildman–Crippen MR) is 68.7 cm³/mol. The standard InChI is InChI=1S/C13H18N4O3/c18-12(6-16-8-14-7-15-16)17-10-1-2-11(17)4-9(3-10)5-13(19)20/h7-11H,1-6H2,(H,19,20). The third kappa shape index (κ3) is 2.52. The highest BCUT2D eigenvalue weighted by Crippen LogP contribution is 2.39. The number of hydrogen-bond acceptors (Lipinski definition) is 4. The number of fused-ring (bicyclic) bond motifs is 2. The number of carbonyl (C=O) groups is 2. The molecule has 2 bridgehead atoms. The van der Waals surface area contributed by atoms with Gasteiger partial charge in [0.15, 0.2) is 0 Å². The molecule has 3 rings (SSSR count). The Labute approximate surface area is 116 Å². The zero-order valence-corrected chi connectivity index (χ0v) is 11.2. The van der Waals surface area contributed by atoms with Crippen LogP contribution in [0.4, 0.5) is 0 Å². The first kappa shape index (κ1) is 13.1. The van der Waals surface area contributed by atoms with Gasteiger partial charge in [-0.3, -0.25) is 9.59 Å². The van der Waals surface area contributed by atoms with Crippen molar-refractivity contribution in [3.63, 3.8) is 0 Å². The van der Waals surface area contributed by atoms with Gasteiger partial charge in [0.2, 0.25) is 5.91 Å². The molecule has 0 aromatic carbocycles. The Balaban J connectivity index is 1.64. The second-order valence-corrected chi connectivity index (χ2v) is 5.71. The van der Waals surface area contributed by atoms with Crippen LogP contribution in [0.1, 0.15) is 32.1 Å². The van der Waals surface area contributed by atoms with Gasteiger partial charge >= 0.3 is 5.97 Å². The molecule has 2 unspecified atom stereocenters. The van der Waals surface area contributed by atoms with Crippen LogP contribution in [0.5, 0.6) is 0 Å². The molecule has 1 aromatic heterocycles. The smallest absolute Gasteiger partial charge is 0.303 e. The Kier molecular flexibility index (Phi) is 3.42. The van der Waals surface area contributed by atoms with Crippen molar-refractivity contribution in [2.24, 2.45) is 5.92 Å². The highest BCUT2D eigenvalue weighted by molar-refractivity contribution is 5.77. The largest absolute Gasteiger partial charge is 0.481 e. The van der Waals surface area contributed by atoms with Gasteiger partial charge in [0.05, 0.1) is 0 Å². The van der Waals surface area contributed by atoms with E-state index in [2.05, 4.69) is 10.1 Å². The maximum absolute atomic E-state index is 12.4. The van der Waals surface area contributed by atoms with Crippen LogP contribution in [0.15, 0.2) is 12.7 Å². The first-order chi connectivity index (χ1) is 9.63. The lowest BCUT2D eigenvalue weighted by atomic mass is 9.88. The molecule has 0 spiro atoms. The van der Waals surface area contributed by atoms with Gasteiger partial charge in [0.1, 0.15) is 19.2 Å². The van der Waals surface area contributed by atoms with Gasteiger partial charge < -0.3 is 10.0 Å². The summed E-state index contributed by atoms with van der Waals surface area (Å²) in [5.41, 5.74) is 0. The first-order valence-corrected chi connectivity index (χ1v) is 6.99. The fourth-order valence-corrected chi connectivity index (χ4v) is 3.65. The Morgan fingerprint density at radius 3 is 2.50 bits per heavy atom. The second kappa shape index (κ2) is 5.22. The van der Waals surface area contributed by atoms with Crippen molar-refractivity contribution in [2.45, 2.75) is 50.7 Å². The average Bonchev–Trinajstić information content (AvgIpc) is 2.95. The maximum Gasteiger partial charge on any atom is 0.303 e. The molecule has 0 aliphatic carbocycles. The zero-order chi connectivity index (χ0) is 14.1. The summed E-state index contributed by atoms with van der Waals surface area (Å²) in [6, 6.07) is 0.406. The topological polar surface area (TPSA) is 88.3 Å². The summed E-state index contributed by atoms with van der Waals surface area (Å²) in [4.78, 5) is 29.0. The van der Waals surface area contributed by atoms with E-state index in [0.29, 0.717) is 0 Å². The van der Waals surface area contributed by atoms with E-state index < -0.39 is 5.97 Å². The van der Waals surface area contributed by atoms with Gasteiger partial charge in [-0.15, -0.1) is 0 Å². The van der Waals surface area contributed by atoms with Crippen LogP contribution in [0.2, 0.25) is 0 Å². The van der Waals surface area contributed by atoms with Crippen LogP contribution < -0.4 is 0 Å². The van der Waals surface area contributed by atoms with Crippen molar-refractivity contribution < 1.29 is 14.7 Å². The Morgan fingerprint density at radius 2 is 1.95 bits per heavy atom. The van der Waals surface area contributed by atoms with Crippen molar-refractivity contribution in [1.29, 1.82) is 0 Å². The van der Waals surface area contributed by atoms with E-state index in [1.807, 2.05) is 4.90 Å².